The molecule has 0 spiro atoms. The zero-order valence-corrected chi connectivity index (χ0v) is 16.7. The summed E-state index contributed by atoms with van der Waals surface area (Å²) in [5, 5.41) is 3.11. The molecule has 0 saturated carbocycles. The summed E-state index contributed by atoms with van der Waals surface area (Å²) in [7, 11) is 1.65. The lowest BCUT2D eigenvalue weighted by Crippen LogP contribution is -2.49. The lowest BCUT2D eigenvalue weighted by Gasteiger charge is -2.34. The number of anilines is 1. The average molecular weight is 405 g/mol. The number of amides is 1. The van der Waals surface area contributed by atoms with Crippen molar-refractivity contribution in [2.45, 2.75) is 0 Å². The molecule has 28 heavy (non-hydrogen) atoms. The number of carbonyl (C=O) groups is 1. The first-order valence-electron chi connectivity index (χ1n) is 9.26. The van der Waals surface area contributed by atoms with Gasteiger partial charge in [-0.15, -0.1) is 0 Å². The van der Waals surface area contributed by atoms with Crippen LogP contribution in [0.25, 0.3) is 0 Å². The standard InChI is InChI=1S/C20H25ClN4O3/c1-27-16-4-6-17(7-5-16)28-14-13-24-9-11-25(12-10-24)15-19(26)23-18-3-2-8-22-20(18)21/h2-8H,9-15H2,1H3,(H,23,26). The quantitative estimate of drug-likeness (QED) is 0.681. The summed E-state index contributed by atoms with van der Waals surface area (Å²) in [5.41, 5.74) is 0.545. The van der Waals surface area contributed by atoms with Crippen molar-refractivity contribution in [1.29, 1.82) is 0 Å². The van der Waals surface area contributed by atoms with Crippen LogP contribution < -0.4 is 14.8 Å². The summed E-state index contributed by atoms with van der Waals surface area (Å²) in [6.45, 7) is 5.35. The van der Waals surface area contributed by atoms with Gasteiger partial charge in [0.1, 0.15) is 18.1 Å². The van der Waals surface area contributed by atoms with Crippen LogP contribution in [0.4, 0.5) is 5.69 Å². The number of aromatic nitrogens is 1. The maximum atomic E-state index is 12.2. The van der Waals surface area contributed by atoms with Crippen LogP contribution in [0.2, 0.25) is 5.15 Å². The Morgan fingerprint density at radius 3 is 2.46 bits per heavy atom. The molecule has 1 amide bonds. The molecular formula is C20H25ClN4O3. The first kappa shape index (κ1) is 20.4. The third-order valence-corrected chi connectivity index (χ3v) is 4.90. The van der Waals surface area contributed by atoms with Crippen molar-refractivity contribution < 1.29 is 14.3 Å². The van der Waals surface area contributed by atoms with Crippen LogP contribution in [0.5, 0.6) is 11.5 Å². The average Bonchev–Trinajstić information content (AvgIpc) is 2.71. The van der Waals surface area contributed by atoms with E-state index in [1.807, 2.05) is 24.3 Å². The van der Waals surface area contributed by atoms with Crippen molar-refractivity contribution in [3.63, 3.8) is 0 Å². The number of benzene rings is 1. The van der Waals surface area contributed by atoms with Crippen LogP contribution in [-0.4, -0.2) is 73.7 Å². The second-order valence-electron chi connectivity index (χ2n) is 6.53. The molecule has 2 heterocycles. The Hall–Kier alpha value is -2.35. The number of hydrogen-bond acceptors (Lipinski definition) is 6. The third-order valence-electron chi connectivity index (χ3n) is 4.60. The Kier molecular flexibility index (Phi) is 7.47. The van der Waals surface area contributed by atoms with Gasteiger partial charge < -0.3 is 14.8 Å². The molecule has 7 nitrogen and oxygen atoms in total. The van der Waals surface area contributed by atoms with E-state index < -0.39 is 0 Å². The number of methoxy groups -OCH3 is 1. The summed E-state index contributed by atoms with van der Waals surface area (Å²) in [4.78, 5) is 20.7. The van der Waals surface area contributed by atoms with Crippen LogP contribution in [0.1, 0.15) is 0 Å². The van der Waals surface area contributed by atoms with Gasteiger partial charge in [-0.25, -0.2) is 4.98 Å². The second kappa shape index (κ2) is 10.3. The van der Waals surface area contributed by atoms with Gasteiger partial charge in [-0.05, 0) is 36.4 Å². The topological polar surface area (TPSA) is 66.9 Å². The molecule has 3 rings (SSSR count). The predicted octanol–water partition coefficient (Wildman–Crippen LogP) is 2.38. The number of carbonyl (C=O) groups excluding carboxylic acids is 1. The van der Waals surface area contributed by atoms with Crippen LogP contribution >= 0.6 is 11.6 Å². The van der Waals surface area contributed by atoms with E-state index in [0.717, 1.165) is 44.2 Å². The van der Waals surface area contributed by atoms with E-state index >= 15 is 0 Å². The van der Waals surface area contributed by atoms with E-state index in [9.17, 15) is 4.79 Å². The maximum absolute atomic E-state index is 12.2. The molecular weight excluding hydrogens is 380 g/mol. The van der Waals surface area contributed by atoms with E-state index in [1.54, 1.807) is 25.4 Å². The zero-order chi connectivity index (χ0) is 19.8. The summed E-state index contributed by atoms with van der Waals surface area (Å²) in [6.07, 6.45) is 1.59. The van der Waals surface area contributed by atoms with Crippen molar-refractivity contribution >= 4 is 23.2 Å². The lowest BCUT2D eigenvalue weighted by atomic mass is 10.3. The molecule has 0 radical (unpaired) electrons. The summed E-state index contributed by atoms with van der Waals surface area (Å²) < 4.78 is 10.9. The van der Waals surface area contributed by atoms with E-state index in [-0.39, 0.29) is 5.91 Å². The van der Waals surface area contributed by atoms with Crippen molar-refractivity contribution in [3.8, 4) is 11.5 Å². The van der Waals surface area contributed by atoms with Gasteiger partial charge in [0.25, 0.3) is 0 Å². The third kappa shape index (κ3) is 6.09. The van der Waals surface area contributed by atoms with E-state index in [2.05, 4.69) is 20.1 Å². The van der Waals surface area contributed by atoms with Crippen LogP contribution in [0.15, 0.2) is 42.6 Å². The summed E-state index contributed by atoms with van der Waals surface area (Å²) in [5.74, 6) is 1.58. The molecule has 0 unspecified atom stereocenters. The van der Waals surface area contributed by atoms with Crippen molar-refractivity contribution in [1.82, 2.24) is 14.8 Å². The summed E-state index contributed by atoms with van der Waals surface area (Å²) >= 11 is 5.97. The molecule has 8 heteroatoms. The smallest absolute Gasteiger partial charge is 0.238 e. The predicted molar refractivity (Wildman–Crippen MR) is 109 cm³/mol. The van der Waals surface area contributed by atoms with Crippen molar-refractivity contribution in [2.24, 2.45) is 0 Å². The number of pyridine rings is 1. The van der Waals surface area contributed by atoms with Gasteiger partial charge in [-0.1, -0.05) is 11.6 Å². The fraction of sp³-hybridized carbons (Fsp3) is 0.400. The Labute approximate surface area is 170 Å². The Bertz CT molecular complexity index is 764. The molecule has 0 atom stereocenters. The Morgan fingerprint density at radius 2 is 1.79 bits per heavy atom. The van der Waals surface area contributed by atoms with Crippen LogP contribution in [0.3, 0.4) is 0 Å². The molecule has 1 fully saturated rings. The molecule has 2 aromatic rings. The molecule has 0 bridgehead atoms. The highest BCUT2D eigenvalue weighted by Crippen LogP contribution is 2.18. The van der Waals surface area contributed by atoms with E-state index in [0.29, 0.717) is 24.0 Å². The SMILES string of the molecule is COc1ccc(OCCN2CCN(CC(=O)Nc3cccnc3Cl)CC2)cc1. The second-order valence-corrected chi connectivity index (χ2v) is 6.89. The molecule has 1 aromatic heterocycles. The Morgan fingerprint density at radius 1 is 1.11 bits per heavy atom. The minimum Gasteiger partial charge on any atom is -0.497 e. The Balaban J connectivity index is 1.33. The number of piperazine rings is 1. The number of ether oxygens (including phenoxy) is 2. The maximum Gasteiger partial charge on any atom is 0.238 e. The molecule has 1 aliphatic rings. The first-order valence-corrected chi connectivity index (χ1v) is 9.64. The highest BCUT2D eigenvalue weighted by atomic mass is 35.5. The minimum atomic E-state index is -0.0776. The number of hydrogen-bond donors (Lipinski definition) is 1. The number of rotatable bonds is 8. The number of halogens is 1. The fourth-order valence-corrected chi connectivity index (χ4v) is 3.17. The van der Waals surface area contributed by atoms with Crippen molar-refractivity contribution in [2.75, 3.05) is 58.3 Å². The molecule has 150 valence electrons. The fourth-order valence-electron chi connectivity index (χ4n) is 3.01. The molecule has 1 saturated heterocycles. The van der Waals surface area contributed by atoms with Gasteiger partial charge in [-0.3, -0.25) is 14.6 Å². The number of nitrogens with one attached hydrogen (secondary N) is 1. The molecule has 0 aliphatic carbocycles. The van der Waals surface area contributed by atoms with Crippen molar-refractivity contribution in [3.05, 3.63) is 47.7 Å². The lowest BCUT2D eigenvalue weighted by molar-refractivity contribution is -0.117. The van der Waals surface area contributed by atoms with E-state index in [4.69, 9.17) is 21.1 Å². The zero-order valence-electron chi connectivity index (χ0n) is 15.9. The minimum absolute atomic E-state index is 0.0776. The van der Waals surface area contributed by atoms with Gasteiger partial charge in [-0.2, -0.15) is 0 Å². The van der Waals surface area contributed by atoms with Gasteiger partial charge in [0.2, 0.25) is 5.91 Å². The van der Waals surface area contributed by atoms with Gasteiger partial charge in [0.15, 0.2) is 5.15 Å². The van der Waals surface area contributed by atoms with Gasteiger partial charge in [0, 0.05) is 38.9 Å². The largest absolute Gasteiger partial charge is 0.497 e. The van der Waals surface area contributed by atoms with Gasteiger partial charge in [0.05, 0.1) is 19.3 Å². The van der Waals surface area contributed by atoms with E-state index in [1.165, 1.54) is 0 Å². The summed E-state index contributed by atoms with van der Waals surface area (Å²) in [6, 6.07) is 11.1. The highest BCUT2D eigenvalue weighted by Gasteiger charge is 2.19. The molecule has 1 N–H and O–H groups in total. The normalized spacial score (nSPS) is 15.2. The highest BCUT2D eigenvalue weighted by molar-refractivity contribution is 6.32. The molecule has 1 aromatic carbocycles. The molecule has 1 aliphatic heterocycles. The number of nitrogens with zero attached hydrogens (tertiary/aromatic N) is 3. The van der Waals surface area contributed by atoms with Gasteiger partial charge >= 0.3 is 0 Å². The monoisotopic (exact) mass is 404 g/mol. The van der Waals surface area contributed by atoms with Crippen LogP contribution in [-0.2, 0) is 4.79 Å². The van der Waals surface area contributed by atoms with Crippen LogP contribution in [0, 0.1) is 0 Å². The first-order chi connectivity index (χ1) is 13.6.